The van der Waals surface area contributed by atoms with E-state index >= 15 is 0 Å². The van der Waals surface area contributed by atoms with Crippen molar-refractivity contribution in [3.05, 3.63) is 30.1 Å². The van der Waals surface area contributed by atoms with Gasteiger partial charge in [-0.2, -0.15) is 0 Å². The van der Waals surface area contributed by atoms with E-state index < -0.39 is 36.9 Å². The van der Waals surface area contributed by atoms with E-state index in [0.29, 0.717) is 17.8 Å². The van der Waals surface area contributed by atoms with Crippen LogP contribution in [-0.4, -0.2) is 84.0 Å². The molecule has 2 heterocycles. The van der Waals surface area contributed by atoms with Crippen LogP contribution in [0.2, 0.25) is 0 Å². The minimum atomic E-state index is -4.48. The minimum Gasteiger partial charge on any atom is -0.471 e. The number of nitrogens with zero attached hydrogens (tertiary/aromatic N) is 3. The number of pyridine rings is 1. The van der Waals surface area contributed by atoms with Gasteiger partial charge in [0, 0.05) is 66.5 Å². The first-order valence-electron chi connectivity index (χ1n) is 14.8. The van der Waals surface area contributed by atoms with Crippen LogP contribution < -0.4 is 5.73 Å². The summed E-state index contributed by atoms with van der Waals surface area (Å²) in [6.45, 7) is 8.79. The number of carbonyl (C=O) groups is 2. The second-order valence-electron chi connectivity index (χ2n) is 11.9. The number of fused-ring (bicyclic) bond motifs is 3. The van der Waals surface area contributed by atoms with Crippen LogP contribution in [0.1, 0.15) is 66.1 Å². The zero-order valence-electron chi connectivity index (χ0n) is 27.0. The van der Waals surface area contributed by atoms with Gasteiger partial charge < -0.3 is 29.4 Å². The zero-order chi connectivity index (χ0) is 33.4. The molecule has 0 aliphatic carbocycles. The maximum absolute atomic E-state index is 13.0. The molecule has 2 aromatic heterocycles. The van der Waals surface area contributed by atoms with Crippen LogP contribution in [0.15, 0.2) is 24.3 Å². The number of rotatable bonds is 18. The molecule has 0 saturated heterocycles. The maximum atomic E-state index is 13.0. The standard InChI is InChI=1S/C29H41B2N4O9P.Ce/c1-6-7-12-22-34-23-24(20-10-8-9-11-21(20)33-25(23)32)35(22)14-16-42-45(38,39)44-28(2,3)13-15-41-29(4,5)17-19(43-27(31)37)18-40-26(30)36;/h8-11,19H,6-7,12-18H2,1-5H3,(H2,32,33)(H,38,39);. The Morgan fingerprint density at radius 2 is 1.78 bits per heavy atom. The van der Waals surface area contributed by atoms with E-state index in [4.69, 9.17) is 49.7 Å². The Bertz CT molecular complexity index is 1540. The molecule has 0 bridgehead atoms. The molecule has 2 atom stereocenters. The molecule has 3 aromatic rings. The van der Waals surface area contributed by atoms with Gasteiger partial charge in [-0.15, -0.1) is 0 Å². The molecule has 4 radical (unpaired) electrons. The molecule has 0 fully saturated rings. The quantitative estimate of drug-likeness (QED) is 0.131. The van der Waals surface area contributed by atoms with Crippen molar-refractivity contribution in [1.82, 2.24) is 14.5 Å². The van der Waals surface area contributed by atoms with E-state index in [-0.39, 0.29) is 81.0 Å². The van der Waals surface area contributed by atoms with Crippen molar-refractivity contribution in [2.24, 2.45) is 0 Å². The number of benzene rings is 1. The number of phosphoric acid groups is 1. The molecule has 13 nitrogen and oxygen atoms in total. The Hall–Kier alpha value is -1.58. The van der Waals surface area contributed by atoms with Crippen LogP contribution in [0.3, 0.4) is 0 Å². The van der Waals surface area contributed by atoms with E-state index in [1.807, 2.05) is 28.8 Å². The number of carbonyl (C=O) groups excluding carboxylic acids is 2. The van der Waals surface area contributed by atoms with Gasteiger partial charge in [-0.05, 0) is 46.6 Å². The number of nitrogen functional groups attached to an aromatic ring is 1. The Kier molecular flexibility index (Phi) is 15.6. The molecule has 0 amide bonds. The van der Waals surface area contributed by atoms with E-state index in [9.17, 15) is 19.0 Å². The van der Waals surface area contributed by atoms with Gasteiger partial charge in [0.05, 0.1) is 35.4 Å². The fourth-order valence-electron chi connectivity index (χ4n) is 4.96. The molecule has 46 heavy (non-hydrogen) atoms. The summed E-state index contributed by atoms with van der Waals surface area (Å²) in [6.07, 6.45) is 2.03. The van der Waals surface area contributed by atoms with Gasteiger partial charge in [0.1, 0.15) is 24.1 Å². The molecule has 0 aliphatic heterocycles. The van der Waals surface area contributed by atoms with Crippen molar-refractivity contribution >= 4 is 63.0 Å². The van der Waals surface area contributed by atoms with Crippen molar-refractivity contribution in [2.75, 3.05) is 25.6 Å². The van der Waals surface area contributed by atoms with Crippen LogP contribution in [0.4, 0.5) is 15.4 Å². The molecule has 1 aromatic carbocycles. The first kappa shape index (κ1) is 40.6. The zero-order valence-corrected chi connectivity index (χ0v) is 31.0. The smallest absolute Gasteiger partial charge is 0.471 e. The third kappa shape index (κ3) is 12.5. The Morgan fingerprint density at radius 1 is 1.09 bits per heavy atom. The molecule has 0 aliphatic rings. The molecular weight excluding hydrogens is 741 g/mol. The van der Waals surface area contributed by atoms with Gasteiger partial charge in [-0.3, -0.25) is 18.6 Å². The van der Waals surface area contributed by atoms with Gasteiger partial charge in [-0.1, -0.05) is 31.5 Å². The number of aryl methyl sites for hydroxylation is 1. The molecule has 246 valence electrons. The molecule has 17 heteroatoms. The van der Waals surface area contributed by atoms with Crippen molar-refractivity contribution in [1.29, 1.82) is 0 Å². The number of hydrogen-bond donors (Lipinski definition) is 2. The summed E-state index contributed by atoms with van der Waals surface area (Å²) < 4.78 is 41.6. The summed E-state index contributed by atoms with van der Waals surface area (Å²) >= 11 is 0. The van der Waals surface area contributed by atoms with Gasteiger partial charge in [0.25, 0.3) is 0 Å². The second-order valence-corrected chi connectivity index (χ2v) is 13.3. The van der Waals surface area contributed by atoms with Gasteiger partial charge in [-0.25, -0.2) is 14.5 Å². The van der Waals surface area contributed by atoms with Crippen LogP contribution in [0, 0.1) is 41.7 Å². The first-order valence-corrected chi connectivity index (χ1v) is 16.3. The van der Waals surface area contributed by atoms with Crippen molar-refractivity contribution in [3.63, 3.8) is 0 Å². The predicted octanol–water partition coefficient (Wildman–Crippen LogP) is 4.98. The summed E-state index contributed by atoms with van der Waals surface area (Å²) in [4.78, 5) is 42.0. The minimum absolute atomic E-state index is 0. The van der Waals surface area contributed by atoms with E-state index in [0.717, 1.165) is 35.1 Å². The fraction of sp³-hybridized carbons (Fsp3) is 0.586. The number of imidazole rings is 1. The largest absolute Gasteiger partial charge is 0.472 e. The van der Waals surface area contributed by atoms with Crippen LogP contribution in [0.25, 0.3) is 21.9 Å². The average molecular weight is 782 g/mol. The van der Waals surface area contributed by atoms with Crippen molar-refractivity contribution in [2.45, 2.75) is 90.6 Å². The summed E-state index contributed by atoms with van der Waals surface area (Å²) in [5.41, 5.74) is 6.40. The van der Waals surface area contributed by atoms with E-state index in [2.05, 4.69) is 11.9 Å². The summed E-state index contributed by atoms with van der Waals surface area (Å²) in [6, 6.07) is 7.61. The number of aromatic nitrogens is 3. The molecule has 0 spiro atoms. The number of nitrogens with two attached hydrogens (primary N) is 1. The fourth-order valence-corrected chi connectivity index (χ4v) is 6.04. The van der Waals surface area contributed by atoms with Crippen LogP contribution >= 0.6 is 7.82 Å². The number of unbranched alkanes of at least 4 members (excludes halogenated alkanes) is 1. The summed E-state index contributed by atoms with van der Waals surface area (Å²) in [5, 5.41) is 0.873. The van der Waals surface area contributed by atoms with Crippen molar-refractivity contribution < 1.29 is 84.1 Å². The molecular formula is C29H41B2CeN4O9P. The molecule has 3 rings (SSSR count). The van der Waals surface area contributed by atoms with E-state index in [1.54, 1.807) is 27.7 Å². The predicted molar refractivity (Wildman–Crippen MR) is 171 cm³/mol. The van der Waals surface area contributed by atoms with Crippen LogP contribution in [0.5, 0.6) is 0 Å². The van der Waals surface area contributed by atoms with Gasteiger partial charge >= 0.3 is 7.82 Å². The molecule has 2 unspecified atom stereocenters. The topological polar surface area (TPSA) is 174 Å². The first-order chi connectivity index (χ1) is 21.0. The third-order valence-electron chi connectivity index (χ3n) is 6.99. The number of phosphoric ester groups is 1. The second kappa shape index (κ2) is 17.7. The monoisotopic (exact) mass is 782 g/mol. The normalized spacial score (nSPS) is 14.0. The van der Waals surface area contributed by atoms with Gasteiger partial charge in [0.15, 0.2) is 5.82 Å². The van der Waals surface area contributed by atoms with Gasteiger partial charge in [0.2, 0.25) is 27.4 Å². The number of anilines is 1. The Balaban J connectivity index is 0.00000736. The van der Waals surface area contributed by atoms with Crippen molar-refractivity contribution in [3.8, 4) is 0 Å². The Labute approximate surface area is 305 Å². The number of ether oxygens (including phenoxy) is 3. The number of hydrogen-bond acceptors (Lipinski definition) is 11. The summed E-state index contributed by atoms with van der Waals surface area (Å²) in [7, 11) is 5.63. The maximum Gasteiger partial charge on any atom is 0.472 e. The third-order valence-corrected chi connectivity index (χ3v) is 8.22. The van der Waals surface area contributed by atoms with E-state index in [1.165, 1.54) is 0 Å². The SMILES string of the molecule is [B]C(=O)OCC(CC(C)(C)OCCC(C)(C)OP(=O)(O)OCCn1c(CCCC)nc2c(N)nc3ccccc3c21)OC([B])=O.[Ce]. The van der Waals surface area contributed by atoms with Crippen LogP contribution in [-0.2, 0) is 40.8 Å². The average Bonchev–Trinajstić information content (AvgIpc) is 3.28. The number of para-hydroxylation sites is 1. The molecule has 3 N–H and O–H groups in total. The Morgan fingerprint density at radius 3 is 2.43 bits per heavy atom. The molecule has 0 saturated carbocycles. The summed E-state index contributed by atoms with van der Waals surface area (Å²) in [5.74, 6) is -0.949.